The van der Waals surface area contributed by atoms with Crippen molar-refractivity contribution in [3.05, 3.63) is 63.9 Å². The van der Waals surface area contributed by atoms with Crippen LogP contribution in [0.2, 0.25) is 0 Å². The summed E-state index contributed by atoms with van der Waals surface area (Å²) in [5.74, 6) is 0.426. The monoisotopic (exact) mass is 297 g/mol. The van der Waals surface area contributed by atoms with Crippen molar-refractivity contribution in [2.75, 3.05) is 0 Å². The van der Waals surface area contributed by atoms with Gasteiger partial charge in [0, 0.05) is 6.42 Å². The highest BCUT2D eigenvalue weighted by Gasteiger charge is 2.19. The van der Waals surface area contributed by atoms with Gasteiger partial charge in [0.2, 0.25) is 0 Å². The largest absolute Gasteiger partial charge is 0.433 e. The average Bonchev–Trinajstić information content (AvgIpc) is 3.18. The third kappa shape index (κ3) is 3.11. The Morgan fingerprint density at radius 3 is 2.82 bits per heavy atom. The van der Waals surface area contributed by atoms with Gasteiger partial charge in [0.1, 0.15) is 11.0 Å². The van der Waals surface area contributed by atoms with Crippen molar-refractivity contribution >= 4 is 17.9 Å². The normalized spacial score (nSPS) is 19.3. The standard InChI is InChI=1S/C14H11N5O3/c20-19(21)14-7-6-11(22-14)9-15-17-13-8-12(16-18-13)10-4-2-1-3-5-10/h1-7,9,12H,8H2/b15-9-,17-13-/t12-/m0/s1. The van der Waals surface area contributed by atoms with Crippen LogP contribution in [-0.4, -0.2) is 17.0 Å². The van der Waals surface area contributed by atoms with Gasteiger partial charge in [-0.1, -0.05) is 30.3 Å². The maximum absolute atomic E-state index is 10.5. The maximum atomic E-state index is 10.5. The van der Waals surface area contributed by atoms with E-state index in [4.69, 9.17) is 4.42 Å². The van der Waals surface area contributed by atoms with Gasteiger partial charge in [0.25, 0.3) is 0 Å². The van der Waals surface area contributed by atoms with Gasteiger partial charge in [-0.25, -0.2) is 0 Å². The Labute approximate surface area is 125 Å². The van der Waals surface area contributed by atoms with Crippen molar-refractivity contribution in [2.24, 2.45) is 20.4 Å². The van der Waals surface area contributed by atoms with Crippen LogP contribution in [0.5, 0.6) is 0 Å². The number of hydrogen-bond donors (Lipinski definition) is 0. The second-order valence-electron chi connectivity index (χ2n) is 4.54. The smallest absolute Gasteiger partial charge is 0.400 e. The van der Waals surface area contributed by atoms with E-state index in [9.17, 15) is 10.1 Å². The minimum Gasteiger partial charge on any atom is -0.400 e. The molecule has 1 aliphatic heterocycles. The molecule has 0 spiro atoms. The van der Waals surface area contributed by atoms with Crippen LogP contribution in [0.25, 0.3) is 0 Å². The molecule has 8 heteroatoms. The molecule has 1 aliphatic rings. The molecule has 3 rings (SSSR count). The molecule has 1 atom stereocenters. The van der Waals surface area contributed by atoms with E-state index in [1.165, 1.54) is 18.3 Å². The van der Waals surface area contributed by atoms with Crippen LogP contribution in [0.3, 0.4) is 0 Å². The van der Waals surface area contributed by atoms with Crippen molar-refractivity contribution in [1.29, 1.82) is 0 Å². The number of nitrogens with zero attached hydrogens (tertiary/aromatic N) is 5. The predicted octanol–water partition coefficient (Wildman–Crippen LogP) is 3.52. The number of azo groups is 1. The molecule has 22 heavy (non-hydrogen) atoms. The Kier molecular flexibility index (Phi) is 3.82. The van der Waals surface area contributed by atoms with E-state index in [1.807, 2.05) is 30.3 Å². The van der Waals surface area contributed by atoms with Crippen LogP contribution in [0.15, 0.2) is 67.3 Å². The lowest BCUT2D eigenvalue weighted by molar-refractivity contribution is -0.402. The Morgan fingerprint density at radius 2 is 2.09 bits per heavy atom. The Hall–Kier alpha value is -3.16. The van der Waals surface area contributed by atoms with Crippen molar-refractivity contribution in [3.8, 4) is 0 Å². The summed E-state index contributed by atoms with van der Waals surface area (Å²) in [6.45, 7) is 0. The number of amidine groups is 1. The van der Waals surface area contributed by atoms with Gasteiger partial charge in [0.15, 0.2) is 11.6 Å². The summed E-state index contributed by atoms with van der Waals surface area (Å²) in [5, 5.41) is 26.4. The molecule has 0 radical (unpaired) electrons. The molecule has 8 nitrogen and oxygen atoms in total. The Bertz CT molecular complexity index is 764. The first-order valence-electron chi connectivity index (χ1n) is 6.52. The predicted molar refractivity (Wildman–Crippen MR) is 79.0 cm³/mol. The average molecular weight is 297 g/mol. The topological polar surface area (TPSA) is 106 Å². The fourth-order valence-electron chi connectivity index (χ4n) is 1.97. The van der Waals surface area contributed by atoms with E-state index in [0.29, 0.717) is 12.3 Å². The minimum atomic E-state index is -0.612. The summed E-state index contributed by atoms with van der Waals surface area (Å²) < 4.78 is 4.93. The number of rotatable bonds is 4. The second kappa shape index (κ2) is 6.08. The van der Waals surface area contributed by atoms with Gasteiger partial charge in [0.05, 0.1) is 12.3 Å². The van der Waals surface area contributed by atoms with Crippen molar-refractivity contribution in [2.45, 2.75) is 12.5 Å². The van der Waals surface area contributed by atoms with Crippen molar-refractivity contribution < 1.29 is 9.34 Å². The molecule has 0 saturated heterocycles. The number of benzene rings is 1. The van der Waals surface area contributed by atoms with Gasteiger partial charge in [-0.05, 0) is 11.6 Å². The first kappa shape index (κ1) is 13.8. The summed E-state index contributed by atoms with van der Waals surface area (Å²) in [6.07, 6.45) is 1.87. The Morgan fingerprint density at radius 1 is 1.27 bits per heavy atom. The molecule has 0 aliphatic carbocycles. The molecule has 0 unspecified atom stereocenters. The van der Waals surface area contributed by atoms with E-state index in [1.54, 1.807) is 0 Å². The zero-order valence-corrected chi connectivity index (χ0v) is 11.4. The molecular formula is C14H11N5O3. The summed E-state index contributed by atoms with van der Waals surface area (Å²) in [7, 11) is 0. The first-order valence-corrected chi connectivity index (χ1v) is 6.52. The summed E-state index contributed by atoms with van der Waals surface area (Å²) in [6, 6.07) is 12.5. The van der Waals surface area contributed by atoms with Crippen LogP contribution in [0.4, 0.5) is 5.88 Å². The van der Waals surface area contributed by atoms with Crippen LogP contribution in [-0.2, 0) is 0 Å². The summed E-state index contributed by atoms with van der Waals surface area (Å²) in [4.78, 5) is 9.87. The van der Waals surface area contributed by atoms with Gasteiger partial charge in [-0.3, -0.25) is 10.1 Å². The van der Waals surface area contributed by atoms with Gasteiger partial charge < -0.3 is 4.42 Å². The minimum absolute atomic E-state index is 0.0418. The highest BCUT2D eigenvalue weighted by atomic mass is 16.6. The number of hydrogen-bond acceptors (Lipinski definition) is 6. The molecule has 0 fully saturated rings. The molecule has 2 aromatic rings. The van der Waals surface area contributed by atoms with E-state index in [0.717, 1.165) is 5.56 Å². The SMILES string of the molecule is O=[N+]([O-])c1ccc(/C=N\N=C2\C[C@@H](c3ccccc3)N=N2)o1. The zero-order chi connectivity index (χ0) is 15.4. The summed E-state index contributed by atoms with van der Waals surface area (Å²) >= 11 is 0. The molecule has 0 saturated carbocycles. The lowest BCUT2D eigenvalue weighted by Crippen LogP contribution is -1.95. The molecule has 2 heterocycles. The van der Waals surface area contributed by atoms with Crippen LogP contribution in [0, 0.1) is 10.1 Å². The molecule has 0 N–H and O–H groups in total. The molecule has 110 valence electrons. The Balaban J connectivity index is 1.63. The van der Waals surface area contributed by atoms with Gasteiger partial charge in [-0.15, -0.1) is 10.2 Å². The lowest BCUT2D eigenvalue weighted by Gasteiger charge is -2.02. The highest BCUT2D eigenvalue weighted by molar-refractivity contribution is 5.85. The zero-order valence-electron chi connectivity index (χ0n) is 11.4. The first-order chi connectivity index (χ1) is 10.7. The van der Waals surface area contributed by atoms with E-state index >= 15 is 0 Å². The molecular weight excluding hydrogens is 286 g/mol. The number of nitro groups is 1. The van der Waals surface area contributed by atoms with E-state index in [-0.39, 0.29) is 17.7 Å². The number of furan rings is 1. The molecule has 1 aromatic carbocycles. The fraction of sp³-hybridized carbons (Fsp3) is 0.143. The fourth-order valence-corrected chi connectivity index (χ4v) is 1.97. The molecule has 0 bridgehead atoms. The third-order valence-corrected chi connectivity index (χ3v) is 3.02. The van der Waals surface area contributed by atoms with Crippen LogP contribution >= 0.6 is 0 Å². The second-order valence-corrected chi connectivity index (χ2v) is 4.54. The van der Waals surface area contributed by atoms with E-state index in [2.05, 4.69) is 20.4 Å². The van der Waals surface area contributed by atoms with Crippen molar-refractivity contribution in [1.82, 2.24) is 0 Å². The molecule has 0 amide bonds. The molecule has 1 aromatic heterocycles. The lowest BCUT2D eigenvalue weighted by atomic mass is 10.1. The van der Waals surface area contributed by atoms with Gasteiger partial charge >= 0.3 is 5.88 Å². The van der Waals surface area contributed by atoms with Gasteiger partial charge in [-0.2, -0.15) is 10.2 Å². The third-order valence-electron chi connectivity index (χ3n) is 3.02. The quantitative estimate of drug-likeness (QED) is 0.489. The highest BCUT2D eigenvalue weighted by Crippen LogP contribution is 2.27. The van der Waals surface area contributed by atoms with Crippen LogP contribution < -0.4 is 0 Å². The summed E-state index contributed by atoms with van der Waals surface area (Å²) in [5.41, 5.74) is 1.07. The van der Waals surface area contributed by atoms with Crippen molar-refractivity contribution in [3.63, 3.8) is 0 Å². The van der Waals surface area contributed by atoms with Crippen LogP contribution in [0.1, 0.15) is 23.8 Å². The maximum Gasteiger partial charge on any atom is 0.433 e. The van der Waals surface area contributed by atoms with E-state index < -0.39 is 4.92 Å².